The predicted octanol–water partition coefficient (Wildman–Crippen LogP) is 6.28. The molecule has 1 N–H and O–H groups in total. The van der Waals surface area contributed by atoms with Gasteiger partial charge < -0.3 is 5.32 Å². The van der Waals surface area contributed by atoms with Crippen LogP contribution < -0.4 is 5.32 Å². The van der Waals surface area contributed by atoms with Crippen LogP contribution in [0.1, 0.15) is 21.7 Å². The van der Waals surface area contributed by atoms with Crippen molar-refractivity contribution in [2.24, 2.45) is 0 Å². The number of aromatic nitrogens is 3. The van der Waals surface area contributed by atoms with E-state index in [1.165, 1.54) is 24.3 Å². The van der Waals surface area contributed by atoms with Crippen molar-refractivity contribution in [1.29, 1.82) is 0 Å². The molecule has 0 aliphatic heterocycles. The standard InChI is InChI=1S/C21H13Cl2F3N4O/c1-11-2-4-12(5-3-11)16-9-18(21(24,25)26)30-19(28-16)10-17(29-30)20(31)27-13-6-7-14(22)15(23)8-13/h2-10H,1H3,(H,27,31). The Morgan fingerprint density at radius 3 is 2.35 bits per heavy atom. The smallest absolute Gasteiger partial charge is 0.321 e. The number of alkyl halides is 3. The van der Waals surface area contributed by atoms with Gasteiger partial charge in [0.1, 0.15) is 0 Å². The molecule has 0 aliphatic rings. The highest BCUT2D eigenvalue weighted by atomic mass is 35.5. The van der Waals surface area contributed by atoms with Crippen LogP contribution >= 0.6 is 23.2 Å². The topological polar surface area (TPSA) is 59.3 Å². The van der Waals surface area contributed by atoms with E-state index in [1.807, 2.05) is 6.92 Å². The Hall–Kier alpha value is -3.10. The number of nitrogens with zero attached hydrogens (tertiary/aromatic N) is 3. The Balaban J connectivity index is 1.77. The molecular formula is C21H13Cl2F3N4O. The molecule has 4 rings (SSSR count). The highest BCUT2D eigenvalue weighted by Crippen LogP contribution is 2.32. The number of hydrogen-bond acceptors (Lipinski definition) is 3. The van der Waals surface area contributed by atoms with Gasteiger partial charge in [0.25, 0.3) is 5.91 Å². The lowest BCUT2D eigenvalue weighted by molar-refractivity contribution is -0.142. The lowest BCUT2D eigenvalue weighted by Gasteiger charge is -2.11. The number of fused-ring (bicyclic) bond motifs is 1. The average molecular weight is 465 g/mol. The Kier molecular flexibility index (Phi) is 5.36. The third-order valence-electron chi connectivity index (χ3n) is 4.48. The number of halogens is 5. The number of carbonyl (C=O) groups excluding carboxylic acids is 1. The van der Waals surface area contributed by atoms with Crippen LogP contribution in [0.25, 0.3) is 16.9 Å². The normalized spacial score (nSPS) is 11.7. The molecule has 1 amide bonds. The number of hydrogen-bond donors (Lipinski definition) is 1. The van der Waals surface area contributed by atoms with Crippen LogP contribution in [0, 0.1) is 6.92 Å². The lowest BCUT2D eigenvalue weighted by Crippen LogP contribution is -2.15. The second kappa shape index (κ2) is 7.86. The fourth-order valence-electron chi connectivity index (χ4n) is 2.93. The number of aryl methyl sites for hydroxylation is 1. The van der Waals surface area contributed by atoms with E-state index in [-0.39, 0.29) is 22.1 Å². The average Bonchev–Trinajstić information content (AvgIpc) is 3.14. The number of anilines is 1. The van der Waals surface area contributed by atoms with Gasteiger partial charge in [-0.15, -0.1) is 0 Å². The van der Waals surface area contributed by atoms with E-state index in [0.717, 1.165) is 11.6 Å². The molecule has 0 fully saturated rings. The van der Waals surface area contributed by atoms with Crippen molar-refractivity contribution < 1.29 is 18.0 Å². The molecule has 2 aromatic carbocycles. The van der Waals surface area contributed by atoms with Crippen LogP contribution in [0.15, 0.2) is 54.6 Å². The quantitative estimate of drug-likeness (QED) is 0.387. The Morgan fingerprint density at radius 1 is 1.00 bits per heavy atom. The van der Waals surface area contributed by atoms with Crippen LogP contribution in [-0.4, -0.2) is 20.5 Å². The largest absolute Gasteiger partial charge is 0.433 e. The maximum atomic E-state index is 13.7. The molecule has 0 saturated heterocycles. The van der Waals surface area contributed by atoms with Gasteiger partial charge in [-0.25, -0.2) is 9.50 Å². The van der Waals surface area contributed by atoms with Gasteiger partial charge in [0.2, 0.25) is 0 Å². The van der Waals surface area contributed by atoms with Crippen molar-refractivity contribution >= 4 is 40.4 Å². The lowest BCUT2D eigenvalue weighted by atomic mass is 10.1. The van der Waals surface area contributed by atoms with Gasteiger partial charge in [-0.1, -0.05) is 53.0 Å². The number of rotatable bonds is 3. The van der Waals surface area contributed by atoms with E-state index >= 15 is 0 Å². The fraction of sp³-hybridized carbons (Fsp3) is 0.0952. The van der Waals surface area contributed by atoms with Gasteiger partial charge in [0, 0.05) is 17.3 Å². The monoisotopic (exact) mass is 464 g/mol. The molecule has 0 saturated carbocycles. The summed E-state index contributed by atoms with van der Waals surface area (Å²) in [4.78, 5) is 16.8. The molecule has 0 spiro atoms. The van der Waals surface area contributed by atoms with Crippen LogP contribution in [0.4, 0.5) is 18.9 Å². The maximum Gasteiger partial charge on any atom is 0.433 e. The fourth-order valence-corrected chi connectivity index (χ4v) is 3.23. The van der Waals surface area contributed by atoms with E-state index in [4.69, 9.17) is 23.2 Å². The minimum atomic E-state index is -4.70. The molecule has 2 heterocycles. The molecule has 10 heteroatoms. The molecular weight excluding hydrogens is 452 g/mol. The highest BCUT2D eigenvalue weighted by molar-refractivity contribution is 6.42. The second-order valence-electron chi connectivity index (χ2n) is 6.77. The molecule has 4 aromatic rings. The van der Waals surface area contributed by atoms with Crippen molar-refractivity contribution in [1.82, 2.24) is 14.6 Å². The number of benzene rings is 2. The summed E-state index contributed by atoms with van der Waals surface area (Å²) in [6.45, 7) is 1.87. The number of carbonyl (C=O) groups is 1. The van der Waals surface area contributed by atoms with E-state index in [1.54, 1.807) is 24.3 Å². The molecule has 5 nitrogen and oxygen atoms in total. The molecule has 0 radical (unpaired) electrons. The summed E-state index contributed by atoms with van der Waals surface area (Å²) in [5.74, 6) is -0.714. The zero-order valence-electron chi connectivity index (χ0n) is 15.8. The van der Waals surface area contributed by atoms with Gasteiger partial charge in [-0.3, -0.25) is 4.79 Å². The van der Waals surface area contributed by atoms with Crippen LogP contribution in [0.2, 0.25) is 10.0 Å². The zero-order valence-corrected chi connectivity index (χ0v) is 17.3. The Bertz CT molecular complexity index is 1300. The molecule has 2 aromatic heterocycles. The summed E-state index contributed by atoms with van der Waals surface area (Å²) in [6.07, 6.45) is -4.70. The van der Waals surface area contributed by atoms with E-state index in [2.05, 4.69) is 15.4 Å². The third kappa shape index (κ3) is 4.35. The minimum Gasteiger partial charge on any atom is -0.321 e. The van der Waals surface area contributed by atoms with Crippen LogP contribution in [0.5, 0.6) is 0 Å². The third-order valence-corrected chi connectivity index (χ3v) is 5.21. The van der Waals surface area contributed by atoms with Gasteiger partial charge in [-0.05, 0) is 31.2 Å². The SMILES string of the molecule is Cc1ccc(-c2cc(C(F)(F)F)n3nc(C(=O)Nc4ccc(Cl)c(Cl)c4)cc3n2)cc1. The van der Waals surface area contributed by atoms with Crippen molar-refractivity contribution in [3.63, 3.8) is 0 Å². The first-order valence-electron chi connectivity index (χ1n) is 8.93. The number of nitrogens with one attached hydrogen (secondary N) is 1. The van der Waals surface area contributed by atoms with Crippen LogP contribution in [-0.2, 0) is 6.18 Å². The van der Waals surface area contributed by atoms with Gasteiger partial charge in [0.15, 0.2) is 17.0 Å². The molecule has 0 bridgehead atoms. The molecule has 0 aliphatic carbocycles. The first-order chi connectivity index (χ1) is 14.6. The van der Waals surface area contributed by atoms with Crippen molar-refractivity contribution in [2.75, 3.05) is 5.32 Å². The summed E-state index contributed by atoms with van der Waals surface area (Å²) >= 11 is 11.8. The summed E-state index contributed by atoms with van der Waals surface area (Å²) in [7, 11) is 0. The predicted molar refractivity (Wildman–Crippen MR) is 113 cm³/mol. The van der Waals surface area contributed by atoms with E-state index < -0.39 is 17.8 Å². The summed E-state index contributed by atoms with van der Waals surface area (Å²) in [6, 6.07) is 13.4. The van der Waals surface area contributed by atoms with Crippen molar-refractivity contribution in [3.8, 4) is 11.3 Å². The first-order valence-corrected chi connectivity index (χ1v) is 9.69. The molecule has 0 unspecified atom stereocenters. The first kappa shape index (κ1) is 21.1. The van der Waals surface area contributed by atoms with Gasteiger partial charge >= 0.3 is 6.18 Å². The summed E-state index contributed by atoms with van der Waals surface area (Å²) < 4.78 is 41.7. The maximum absolute atomic E-state index is 13.7. The summed E-state index contributed by atoms with van der Waals surface area (Å²) in [5, 5.41) is 6.88. The van der Waals surface area contributed by atoms with Crippen molar-refractivity contribution in [2.45, 2.75) is 13.1 Å². The highest BCUT2D eigenvalue weighted by Gasteiger charge is 2.35. The van der Waals surface area contributed by atoms with Crippen molar-refractivity contribution in [3.05, 3.63) is 81.6 Å². The zero-order chi connectivity index (χ0) is 22.3. The Labute approximate surface area is 184 Å². The van der Waals surface area contributed by atoms with Crippen LogP contribution in [0.3, 0.4) is 0 Å². The number of amides is 1. The minimum absolute atomic E-state index is 0.107. The molecule has 158 valence electrons. The summed E-state index contributed by atoms with van der Waals surface area (Å²) in [5.41, 5.74) is 0.543. The van der Waals surface area contributed by atoms with Gasteiger partial charge in [-0.2, -0.15) is 18.3 Å². The molecule has 31 heavy (non-hydrogen) atoms. The van der Waals surface area contributed by atoms with E-state index in [0.29, 0.717) is 20.8 Å². The van der Waals surface area contributed by atoms with E-state index in [9.17, 15) is 18.0 Å². The molecule has 0 atom stereocenters. The van der Waals surface area contributed by atoms with Gasteiger partial charge in [0.05, 0.1) is 15.7 Å². The Morgan fingerprint density at radius 2 is 1.71 bits per heavy atom. The second-order valence-corrected chi connectivity index (χ2v) is 7.59.